The van der Waals surface area contributed by atoms with Gasteiger partial charge in [0, 0.05) is 6.54 Å². The van der Waals surface area contributed by atoms with Crippen molar-refractivity contribution in [1.29, 1.82) is 0 Å². The predicted octanol–water partition coefficient (Wildman–Crippen LogP) is -1.16. The van der Waals surface area contributed by atoms with Gasteiger partial charge in [-0.25, -0.2) is 0 Å². The van der Waals surface area contributed by atoms with Crippen LogP contribution >= 0.6 is 0 Å². The summed E-state index contributed by atoms with van der Waals surface area (Å²) in [6, 6.07) is -0.153. The Kier molecular flexibility index (Phi) is 5.01. The molecule has 0 spiro atoms. The summed E-state index contributed by atoms with van der Waals surface area (Å²) in [7, 11) is 0. The van der Waals surface area contributed by atoms with Crippen LogP contribution in [0.5, 0.6) is 0 Å². The average Bonchev–Trinajstić information content (AvgIpc) is 2.25. The Morgan fingerprint density at radius 3 is 3.00 bits per heavy atom. The summed E-state index contributed by atoms with van der Waals surface area (Å²) >= 11 is 0. The van der Waals surface area contributed by atoms with Gasteiger partial charge in [-0.3, -0.25) is 4.79 Å². The number of aliphatic hydroxyl groups excluding tert-OH is 2. The highest BCUT2D eigenvalue weighted by atomic mass is 16.3. The smallest absolute Gasteiger partial charge is 0.237 e. The molecule has 5 heteroatoms. The van der Waals surface area contributed by atoms with Crippen LogP contribution in [0.3, 0.4) is 0 Å². The lowest BCUT2D eigenvalue weighted by Crippen LogP contribution is -2.50. The highest BCUT2D eigenvalue weighted by Gasteiger charge is 2.24. The van der Waals surface area contributed by atoms with Crippen LogP contribution in [0.2, 0.25) is 0 Å². The van der Waals surface area contributed by atoms with Crippen molar-refractivity contribution in [3.05, 3.63) is 0 Å². The molecule has 0 saturated carbocycles. The first-order valence-corrected chi connectivity index (χ1v) is 5.43. The van der Waals surface area contributed by atoms with Gasteiger partial charge in [0.15, 0.2) is 0 Å². The molecule has 1 heterocycles. The van der Waals surface area contributed by atoms with E-state index in [0.717, 1.165) is 19.4 Å². The molecule has 1 aliphatic heterocycles. The maximum atomic E-state index is 11.6. The zero-order chi connectivity index (χ0) is 11.3. The van der Waals surface area contributed by atoms with E-state index >= 15 is 0 Å². The molecule has 1 aliphatic rings. The number of carbonyl (C=O) groups is 1. The molecule has 3 unspecified atom stereocenters. The second-order valence-corrected chi connectivity index (χ2v) is 4.22. The largest absolute Gasteiger partial charge is 0.394 e. The fourth-order valence-corrected chi connectivity index (χ4v) is 1.71. The standard InChI is InChI=1S/C10H20N2O3/c1-7-2-3-11-9(4-7)10(15)12-5-8(14)6-13/h7-9,11,13-14H,2-6H2,1H3,(H,12,15). The van der Waals surface area contributed by atoms with Gasteiger partial charge in [0.1, 0.15) is 0 Å². The SMILES string of the molecule is CC1CCNC(C(=O)NCC(O)CO)C1. The van der Waals surface area contributed by atoms with Gasteiger partial charge in [0.05, 0.1) is 18.8 Å². The zero-order valence-electron chi connectivity index (χ0n) is 9.07. The summed E-state index contributed by atoms with van der Waals surface area (Å²) in [6.07, 6.45) is 1.07. The molecule has 1 amide bonds. The number of nitrogens with one attached hydrogen (secondary N) is 2. The Bertz CT molecular complexity index is 211. The normalized spacial score (nSPS) is 28.5. The number of carbonyl (C=O) groups excluding carboxylic acids is 1. The van der Waals surface area contributed by atoms with E-state index in [1.54, 1.807) is 0 Å². The number of amides is 1. The minimum atomic E-state index is -0.866. The molecule has 1 saturated heterocycles. The van der Waals surface area contributed by atoms with E-state index in [-0.39, 0.29) is 25.1 Å². The first-order valence-electron chi connectivity index (χ1n) is 5.43. The second kappa shape index (κ2) is 6.05. The summed E-state index contributed by atoms with van der Waals surface area (Å²) in [5.74, 6) is 0.471. The van der Waals surface area contributed by atoms with Crippen LogP contribution in [0.25, 0.3) is 0 Å². The Balaban J connectivity index is 2.26. The molecule has 5 nitrogen and oxygen atoms in total. The molecular formula is C10H20N2O3. The highest BCUT2D eigenvalue weighted by Crippen LogP contribution is 2.14. The third kappa shape index (κ3) is 4.15. The van der Waals surface area contributed by atoms with Gasteiger partial charge >= 0.3 is 0 Å². The van der Waals surface area contributed by atoms with Gasteiger partial charge < -0.3 is 20.8 Å². The maximum Gasteiger partial charge on any atom is 0.237 e. The van der Waals surface area contributed by atoms with Crippen LogP contribution in [-0.4, -0.2) is 48.0 Å². The molecule has 0 bridgehead atoms. The summed E-state index contributed by atoms with van der Waals surface area (Å²) < 4.78 is 0. The van der Waals surface area contributed by atoms with Crippen LogP contribution in [0, 0.1) is 5.92 Å². The summed E-state index contributed by atoms with van der Waals surface area (Å²) in [5.41, 5.74) is 0. The van der Waals surface area contributed by atoms with Gasteiger partial charge in [0.2, 0.25) is 5.91 Å². The van der Waals surface area contributed by atoms with Gasteiger partial charge in [0.25, 0.3) is 0 Å². The lowest BCUT2D eigenvalue weighted by molar-refractivity contribution is -0.124. The Labute approximate surface area is 89.9 Å². The minimum Gasteiger partial charge on any atom is -0.394 e. The first-order chi connectivity index (χ1) is 7.13. The molecule has 1 fully saturated rings. The third-order valence-corrected chi connectivity index (χ3v) is 2.71. The topological polar surface area (TPSA) is 81.6 Å². The van der Waals surface area contributed by atoms with Gasteiger partial charge in [-0.15, -0.1) is 0 Å². The Morgan fingerprint density at radius 1 is 1.67 bits per heavy atom. The predicted molar refractivity (Wildman–Crippen MR) is 56.3 cm³/mol. The summed E-state index contributed by atoms with van der Waals surface area (Å²) in [6.45, 7) is 2.78. The lowest BCUT2D eigenvalue weighted by atomic mass is 9.94. The Hall–Kier alpha value is -0.650. The number of hydrogen-bond donors (Lipinski definition) is 4. The molecule has 0 aromatic carbocycles. The number of aliphatic hydroxyl groups is 2. The molecule has 0 radical (unpaired) electrons. The minimum absolute atomic E-state index is 0.0888. The van der Waals surface area contributed by atoms with Crippen LogP contribution < -0.4 is 10.6 Å². The van der Waals surface area contributed by atoms with E-state index in [1.807, 2.05) is 0 Å². The van der Waals surface area contributed by atoms with Crippen molar-refractivity contribution in [1.82, 2.24) is 10.6 Å². The molecule has 15 heavy (non-hydrogen) atoms. The first kappa shape index (κ1) is 12.4. The summed E-state index contributed by atoms with van der Waals surface area (Å²) in [5, 5.41) is 23.4. The molecule has 0 aliphatic carbocycles. The van der Waals surface area contributed by atoms with E-state index in [0.29, 0.717) is 5.92 Å². The second-order valence-electron chi connectivity index (χ2n) is 4.22. The average molecular weight is 216 g/mol. The van der Waals surface area contributed by atoms with Crippen LogP contribution in [0.4, 0.5) is 0 Å². The highest BCUT2D eigenvalue weighted by molar-refractivity contribution is 5.81. The molecule has 4 N–H and O–H groups in total. The molecular weight excluding hydrogens is 196 g/mol. The van der Waals surface area contributed by atoms with E-state index in [9.17, 15) is 4.79 Å². The van der Waals surface area contributed by atoms with Crippen LogP contribution in [0.1, 0.15) is 19.8 Å². The fourth-order valence-electron chi connectivity index (χ4n) is 1.71. The molecule has 0 aromatic heterocycles. The van der Waals surface area contributed by atoms with Crippen molar-refractivity contribution in [2.24, 2.45) is 5.92 Å². The Morgan fingerprint density at radius 2 is 2.40 bits per heavy atom. The van der Waals surface area contributed by atoms with Crippen molar-refractivity contribution in [3.63, 3.8) is 0 Å². The van der Waals surface area contributed by atoms with Gasteiger partial charge in [-0.1, -0.05) is 6.92 Å². The van der Waals surface area contributed by atoms with E-state index in [2.05, 4.69) is 17.6 Å². The molecule has 3 atom stereocenters. The van der Waals surface area contributed by atoms with Crippen molar-refractivity contribution in [2.45, 2.75) is 31.9 Å². The number of hydrogen-bond acceptors (Lipinski definition) is 4. The molecule has 88 valence electrons. The van der Waals surface area contributed by atoms with Crippen molar-refractivity contribution >= 4 is 5.91 Å². The van der Waals surface area contributed by atoms with E-state index in [1.165, 1.54) is 0 Å². The lowest BCUT2D eigenvalue weighted by Gasteiger charge is -2.27. The quantitative estimate of drug-likeness (QED) is 0.478. The summed E-state index contributed by atoms with van der Waals surface area (Å²) in [4.78, 5) is 11.6. The van der Waals surface area contributed by atoms with Gasteiger partial charge in [-0.05, 0) is 25.3 Å². The van der Waals surface area contributed by atoms with Crippen molar-refractivity contribution in [3.8, 4) is 0 Å². The van der Waals surface area contributed by atoms with E-state index < -0.39 is 6.10 Å². The zero-order valence-corrected chi connectivity index (χ0v) is 9.07. The third-order valence-electron chi connectivity index (χ3n) is 2.71. The number of rotatable bonds is 4. The van der Waals surface area contributed by atoms with Gasteiger partial charge in [-0.2, -0.15) is 0 Å². The van der Waals surface area contributed by atoms with Crippen LogP contribution in [0.15, 0.2) is 0 Å². The van der Waals surface area contributed by atoms with E-state index in [4.69, 9.17) is 10.2 Å². The molecule has 1 rings (SSSR count). The fraction of sp³-hybridized carbons (Fsp3) is 0.900. The van der Waals surface area contributed by atoms with Crippen LogP contribution in [-0.2, 0) is 4.79 Å². The maximum absolute atomic E-state index is 11.6. The van der Waals surface area contributed by atoms with Crippen molar-refractivity contribution in [2.75, 3.05) is 19.7 Å². The molecule has 0 aromatic rings. The van der Waals surface area contributed by atoms with Crippen molar-refractivity contribution < 1.29 is 15.0 Å². The monoisotopic (exact) mass is 216 g/mol. The number of piperidine rings is 1.